The maximum absolute atomic E-state index is 4.91. The van der Waals surface area contributed by atoms with Crippen LogP contribution in [0.5, 0.6) is 0 Å². The molecule has 2 aliphatic heterocycles. The second-order valence-corrected chi connectivity index (χ2v) is 6.48. The predicted octanol–water partition coefficient (Wildman–Crippen LogP) is 1.82. The molecule has 112 valence electrons. The number of aromatic nitrogens is 2. The summed E-state index contributed by atoms with van der Waals surface area (Å²) >= 11 is 0. The zero-order valence-electron chi connectivity index (χ0n) is 13.0. The molecule has 4 nitrogen and oxygen atoms in total. The minimum atomic E-state index is 0.803. The van der Waals surface area contributed by atoms with E-state index in [1.54, 1.807) is 0 Å². The number of hydrogen-bond acceptors (Lipinski definition) is 3. The lowest BCUT2D eigenvalue weighted by Crippen LogP contribution is -2.35. The van der Waals surface area contributed by atoms with Crippen molar-refractivity contribution in [3.05, 3.63) is 17.2 Å². The van der Waals surface area contributed by atoms with Crippen LogP contribution in [0.4, 0.5) is 0 Å². The highest BCUT2D eigenvalue weighted by atomic mass is 15.1. The maximum atomic E-state index is 4.91. The Kier molecular flexibility index (Phi) is 4.41. The third-order valence-corrected chi connectivity index (χ3v) is 4.70. The lowest BCUT2D eigenvalue weighted by atomic mass is 9.98. The van der Waals surface area contributed by atoms with Gasteiger partial charge in [-0.2, -0.15) is 0 Å². The van der Waals surface area contributed by atoms with Gasteiger partial charge in [0.15, 0.2) is 0 Å². The highest BCUT2D eigenvalue weighted by molar-refractivity contribution is 5.20. The van der Waals surface area contributed by atoms with Crippen molar-refractivity contribution in [2.75, 3.05) is 26.7 Å². The van der Waals surface area contributed by atoms with E-state index in [1.807, 2.05) is 0 Å². The molecule has 2 aliphatic rings. The number of nitrogens with zero attached hydrogens (tertiary/aromatic N) is 3. The molecular weight excluding hydrogens is 248 g/mol. The van der Waals surface area contributed by atoms with E-state index >= 15 is 0 Å². The molecule has 0 saturated carbocycles. The summed E-state index contributed by atoms with van der Waals surface area (Å²) in [6.45, 7) is 8.02. The van der Waals surface area contributed by atoms with Crippen molar-refractivity contribution in [2.45, 2.75) is 52.1 Å². The molecule has 0 spiro atoms. The minimum absolute atomic E-state index is 0.803. The number of hydrogen-bond donors (Lipinski definition) is 1. The number of nitrogens with one attached hydrogen (secondary N) is 1. The lowest BCUT2D eigenvalue weighted by molar-refractivity contribution is 0.192. The van der Waals surface area contributed by atoms with Gasteiger partial charge in [0.25, 0.3) is 0 Å². The molecule has 1 unspecified atom stereocenters. The van der Waals surface area contributed by atoms with E-state index in [2.05, 4.69) is 28.8 Å². The maximum Gasteiger partial charge on any atom is 0.109 e. The molecule has 0 aliphatic carbocycles. The fraction of sp³-hybridized carbons (Fsp3) is 0.812. The molecule has 1 saturated heterocycles. The predicted molar refractivity (Wildman–Crippen MR) is 81.9 cm³/mol. The number of likely N-dealkylation sites (tertiary alicyclic amines) is 1. The second kappa shape index (κ2) is 6.27. The van der Waals surface area contributed by atoms with Crippen molar-refractivity contribution in [1.82, 2.24) is 19.8 Å². The van der Waals surface area contributed by atoms with E-state index < -0.39 is 0 Å². The van der Waals surface area contributed by atoms with Gasteiger partial charge in [-0.3, -0.25) is 0 Å². The average Bonchev–Trinajstić information content (AvgIpc) is 2.78. The Balaban J connectivity index is 1.81. The summed E-state index contributed by atoms with van der Waals surface area (Å²) in [5, 5.41) is 3.45. The van der Waals surface area contributed by atoms with Gasteiger partial charge in [0.1, 0.15) is 5.82 Å². The first-order chi connectivity index (χ1) is 9.78. The van der Waals surface area contributed by atoms with Crippen LogP contribution in [-0.4, -0.2) is 41.1 Å². The van der Waals surface area contributed by atoms with Crippen LogP contribution in [0.3, 0.4) is 0 Å². The molecule has 1 aromatic heterocycles. The van der Waals surface area contributed by atoms with E-state index in [9.17, 15) is 0 Å². The monoisotopic (exact) mass is 276 g/mol. The van der Waals surface area contributed by atoms with E-state index in [0.717, 1.165) is 31.8 Å². The Morgan fingerprint density at radius 3 is 3.10 bits per heavy atom. The number of piperidine rings is 1. The molecular formula is C16H28N4. The second-order valence-electron chi connectivity index (χ2n) is 6.48. The standard InChI is InChI=1S/C16H28N4/c1-3-5-16-18-14-10-17-8-7-15(14)20(16)12-13-6-4-9-19(2)11-13/h13,17H,3-12H2,1-2H3. The van der Waals surface area contributed by atoms with Gasteiger partial charge in [-0.1, -0.05) is 6.92 Å². The largest absolute Gasteiger partial charge is 0.331 e. The van der Waals surface area contributed by atoms with Crippen molar-refractivity contribution in [2.24, 2.45) is 5.92 Å². The highest BCUT2D eigenvalue weighted by Gasteiger charge is 2.23. The fourth-order valence-electron chi connectivity index (χ4n) is 3.74. The van der Waals surface area contributed by atoms with Crippen LogP contribution in [0, 0.1) is 5.92 Å². The third kappa shape index (κ3) is 2.91. The summed E-state index contributed by atoms with van der Waals surface area (Å²) in [5.74, 6) is 2.13. The molecule has 1 atom stereocenters. The van der Waals surface area contributed by atoms with Gasteiger partial charge >= 0.3 is 0 Å². The van der Waals surface area contributed by atoms with Crippen LogP contribution in [0.1, 0.15) is 43.4 Å². The van der Waals surface area contributed by atoms with Gasteiger partial charge in [-0.05, 0) is 38.8 Å². The molecule has 3 rings (SSSR count). The topological polar surface area (TPSA) is 33.1 Å². The molecule has 0 radical (unpaired) electrons. The van der Waals surface area contributed by atoms with Crippen molar-refractivity contribution in [3.63, 3.8) is 0 Å². The van der Waals surface area contributed by atoms with Gasteiger partial charge in [0, 0.05) is 44.7 Å². The van der Waals surface area contributed by atoms with E-state index in [0.29, 0.717) is 0 Å². The Labute approximate surface area is 122 Å². The van der Waals surface area contributed by atoms with Gasteiger partial charge in [0.2, 0.25) is 0 Å². The summed E-state index contributed by atoms with van der Waals surface area (Å²) in [7, 11) is 2.26. The Hall–Kier alpha value is -0.870. The molecule has 4 heteroatoms. The molecule has 0 amide bonds. The zero-order valence-corrected chi connectivity index (χ0v) is 13.0. The highest BCUT2D eigenvalue weighted by Crippen LogP contribution is 2.23. The minimum Gasteiger partial charge on any atom is -0.331 e. The number of fused-ring (bicyclic) bond motifs is 1. The van der Waals surface area contributed by atoms with Gasteiger partial charge < -0.3 is 14.8 Å². The lowest BCUT2D eigenvalue weighted by Gasteiger charge is -2.31. The van der Waals surface area contributed by atoms with E-state index in [1.165, 1.54) is 56.1 Å². The molecule has 1 fully saturated rings. The molecule has 20 heavy (non-hydrogen) atoms. The van der Waals surface area contributed by atoms with Crippen LogP contribution >= 0.6 is 0 Å². The molecule has 0 aromatic carbocycles. The van der Waals surface area contributed by atoms with Gasteiger partial charge in [0.05, 0.1) is 5.69 Å². The number of imidazole rings is 1. The summed E-state index contributed by atoms with van der Waals surface area (Å²) in [5.41, 5.74) is 2.82. The van der Waals surface area contributed by atoms with Gasteiger partial charge in [-0.15, -0.1) is 0 Å². The third-order valence-electron chi connectivity index (χ3n) is 4.70. The first-order valence-corrected chi connectivity index (χ1v) is 8.24. The van der Waals surface area contributed by atoms with Crippen LogP contribution in [0.15, 0.2) is 0 Å². The fourth-order valence-corrected chi connectivity index (χ4v) is 3.74. The van der Waals surface area contributed by atoms with Crippen LogP contribution in [0.2, 0.25) is 0 Å². The Morgan fingerprint density at radius 1 is 1.40 bits per heavy atom. The molecule has 0 bridgehead atoms. The zero-order chi connectivity index (χ0) is 13.9. The quantitative estimate of drug-likeness (QED) is 0.910. The molecule has 3 heterocycles. The first-order valence-electron chi connectivity index (χ1n) is 8.24. The van der Waals surface area contributed by atoms with Crippen LogP contribution < -0.4 is 5.32 Å². The summed E-state index contributed by atoms with van der Waals surface area (Å²) in [6.07, 6.45) is 6.18. The summed E-state index contributed by atoms with van der Waals surface area (Å²) in [6, 6.07) is 0. The van der Waals surface area contributed by atoms with E-state index in [4.69, 9.17) is 4.98 Å². The van der Waals surface area contributed by atoms with Crippen LogP contribution in [0.25, 0.3) is 0 Å². The Morgan fingerprint density at radius 2 is 2.30 bits per heavy atom. The molecule has 1 aromatic rings. The van der Waals surface area contributed by atoms with Crippen molar-refractivity contribution >= 4 is 0 Å². The smallest absolute Gasteiger partial charge is 0.109 e. The summed E-state index contributed by atoms with van der Waals surface area (Å²) in [4.78, 5) is 7.40. The van der Waals surface area contributed by atoms with E-state index in [-0.39, 0.29) is 0 Å². The Bertz CT molecular complexity index is 452. The van der Waals surface area contributed by atoms with Crippen molar-refractivity contribution in [3.8, 4) is 0 Å². The number of aryl methyl sites for hydroxylation is 1. The molecule has 1 N–H and O–H groups in total. The van der Waals surface area contributed by atoms with Crippen LogP contribution in [-0.2, 0) is 25.9 Å². The normalized spacial score (nSPS) is 23.8. The number of rotatable bonds is 4. The van der Waals surface area contributed by atoms with Gasteiger partial charge in [-0.25, -0.2) is 4.98 Å². The first kappa shape index (κ1) is 14.1. The van der Waals surface area contributed by atoms with Crippen molar-refractivity contribution < 1.29 is 0 Å². The SMILES string of the molecule is CCCc1nc2c(n1CC1CCCN(C)C1)CCNC2. The average molecular weight is 276 g/mol. The summed E-state index contributed by atoms with van der Waals surface area (Å²) < 4.78 is 2.57. The van der Waals surface area contributed by atoms with Crippen molar-refractivity contribution in [1.29, 1.82) is 0 Å².